The molecule has 164 valence electrons. The molecular formula is C27H27FN2O2. The predicted octanol–water partition coefficient (Wildman–Crippen LogP) is 5.15. The van der Waals surface area contributed by atoms with E-state index < -0.39 is 0 Å². The first-order chi connectivity index (χ1) is 15.5. The summed E-state index contributed by atoms with van der Waals surface area (Å²) in [5.74, 6) is -0.321. The fraction of sp³-hybridized carbons (Fsp3) is 0.259. The first-order valence-electron chi connectivity index (χ1n) is 11.0. The Balaban J connectivity index is 1.64. The van der Waals surface area contributed by atoms with Crippen molar-refractivity contribution in [3.63, 3.8) is 0 Å². The number of rotatable bonds is 6. The van der Waals surface area contributed by atoms with Gasteiger partial charge < -0.3 is 9.80 Å². The van der Waals surface area contributed by atoms with Gasteiger partial charge in [-0.05, 0) is 66.8 Å². The minimum Gasteiger partial charge on any atom is -0.342 e. The van der Waals surface area contributed by atoms with Crippen molar-refractivity contribution in [2.24, 2.45) is 0 Å². The van der Waals surface area contributed by atoms with Gasteiger partial charge in [-0.2, -0.15) is 0 Å². The molecule has 0 N–H and O–H groups in total. The average Bonchev–Trinajstić information content (AvgIpc) is 3.34. The number of amides is 2. The molecule has 0 atom stereocenters. The highest BCUT2D eigenvalue weighted by Gasteiger charge is 2.22. The second-order valence-corrected chi connectivity index (χ2v) is 8.27. The number of hydrogen-bond acceptors (Lipinski definition) is 2. The summed E-state index contributed by atoms with van der Waals surface area (Å²) < 4.78 is 13.4. The van der Waals surface area contributed by atoms with E-state index in [2.05, 4.69) is 0 Å². The maximum absolute atomic E-state index is 13.6. The fourth-order valence-electron chi connectivity index (χ4n) is 4.10. The van der Waals surface area contributed by atoms with Crippen LogP contribution in [0.25, 0.3) is 0 Å². The van der Waals surface area contributed by atoms with Crippen LogP contribution >= 0.6 is 0 Å². The summed E-state index contributed by atoms with van der Waals surface area (Å²) in [4.78, 5) is 29.8. The molecule has 0 spiro atoms. The molecule has 4 nitrogen and oxygen atoms in total. The van der Waals surface area contributed by atoms with Crippen molar-refractivity contribution < 1.29 is 14.0 Å². The van der Waals surface area contributed by atoms with E-state index in [9.17, 15) is 14.0 Å². The van der Waals surface area contributed by atoms with E-state index in [1.165, 1.54) is 12.1 Å². The topological polar surface area (TPSA) is 40.6 Å². The van der Waals surface area contributed by atoms with Crippen molar-refractivity contribution in [3.8, 4) is 0 Å². The van der Waals surface area contributed by atoms with Crippen LogP contribution in [0, 0.1) is 12.7 Å². The highest BCUT2D eigenvalue weighted by Crippen LogP contribution is 2.24. The molecule has 1 fully saturated rings. The van der Waals surface area contributed by atoms with Crippen molar-refractivity contribution in [3.05, 3.63) is 101 Å². The Kier molecular flexibility index (Phi) is 6.64. The Morgan fingerprint density at radius 1 is 0.906 bits per heavy atom. The molecule has 3 aromatic rings. The molecule has 0 saturated carbocycles. The number of halogens is 1. The van der Waals surface area contributed by atoms with Gasteiger partial charge in [-0.1, -0.05) is 42.5 Å². The van der Waals surface area contributed by atoms with Gasteiger partial charge in [0.25, 0.3) is 5.91 Å². The van der Waals surface area contributed by atoms with Gasteiger partial charge >= 0.3 is 0 Å². The third-order valence-corrected chi connectivity index (χ3v) is 5.91. The zero-order valence-corrected chi connectivity index (χ0v) is 18.3. The molecule has 0 bridgehead atoms. The summed E-state index contributed by atoms with van der Waals surface area (Å²) in [5.41, 5.74) is 3.93. The van der Waals surface area contributed by atoms with E-state index in [0.717, 1.165) is 42.6 Å². The lowest BCUT2D eigenvalue weighted by atomic mass is 10.1. The molecule has 0 aliphatic carbocycles. The van der Waals surface area contributed by atoms with Crippen LogP contribution in [0.2, 0.25) is 0 Å². The van der Waals surface area contributed by atoms with E-state index in [1.54, 1.807) is 17.0 Å². The van der Waals surface area contributed by atoms with Gasteiger partial charge in [0.15, 0.2) is 0 Å². The molecule has 2 amide bonds. The highest BCUT2D eigenvalue weighted by atomic mass is 19.1. The quantitative estimate of drug-likeness (QED) is 0.543. The van der Waals surface area contributed by atoms with Crippen molar-refractivity contribution in [1.29, 1.82) is 0 Å². The van der Waals surface area contributed by atoms with E-state index in [0.29, 0.717) is 24.2 Å². The van der Waals surface area contributed by atoms with E-state index in [4.69, 9.17) is 0 Å². The summed E-state index contributed by atoms with van der Waals surface area (Å²) in [7, 11) is 0. The molecule has 3 aromatic carbocycles. The fourth-order valence-corrected chi connectivity index (χ4v) is 4.10. The lowest BCUT2D eigenvalue weighted by Crippen LogP contribution is -2.31. The normalized spacial score (nSPS) is 13.2. The summed E-state index contributed by atoms with van der Waals surface area (Å²) in [6.07, 6.45) is 2.43. The summed E-state index contributed by atoms with van der Waals surface area (Å²) in [5, 5.41) is 0. The van der Waals surface area contributed by atoms with Crippen LogP contribution in [0.1, 0.15) is 39.9 Å². The molecule has 32 heavy (non-hydrogen) atoms. The van der Waals surface area contributed by atoms with Crippen molar-refractivity contribution in [2.45, 2.75) is 32.7 Å². The molecule has 1 heterocycles. The number of benzene rings is 3. The van der Waals surface area contributed by atoms with Crippen LogP contribution in [0.4, 0.5) is 10.1 Å². The van der Waals surface area contributed by atoms with Crippen molar-refractivity contribution >= 4 is 17.5 Å². The van der Waals surface area contributed by atoms with Gasteiger partial charge in [0, 0.05) is 24.3 Å². The smallest absolute Gasteiger partial charge is 0.258 e. The first kappa shape index (κ1) is 21.8. The maximum Gasteiger partial charge on any atom is 0.258 e. The largest absolute Gasteiger partial charge is 0.342 e. The van der Waals surface area contributed by atoms with Gasteiger partial charge in [0.1, 0.15) is 5.82 Å². The number of aryl methyl sites for hydroxylation is 1. The number of nitrogens with zero attached hydrogens (tertiary/aromatic N) is 2. The summed E-state index contributed by atoms with van der Waals surface area (Å²) >= 11 is 0. The molecule has 1 aliphatic rings. The van der Waals surface area contributed by atoms with Gasteiger partial charge in [0.05, 0.1) is 13.0 Å². The maximum atomic E-state index is 13.6. The van der Waals surface area contributed by atoms with Crippen molar-refractivity contribution in [2.75, 3.05) is 18.0 Å². The lowest BCUT2D eigenvalue weighted by molar-refractivity contribution is -0.129. The van der Waals surface area contributed by atoms with E-state index in [-0.39, 0.29) is 17.6 Å². The minimum atomic E-state index is -0.312. The molecule has 0 aromatic heterocycles. The summed E-state index contributed by atoms with van der Waals surface area (Å²) in [6, 6.07) is 21.2. The standard InChI is InChI=1S/C27H27FN2O2/c1-20-7-2-3-10-25(20)27(32)30(19-21-11-13-23(28)14-12-21)24-9-6-8-22(17-24)18-26(31)29-15-4-5-16-29/h2-3,6-14,17H,4-5,15-16,18-19H2,1H3. The molecule has 0 radical (unpaired) electrons. The molecular weight excluding hydrogens is 403 g/mol. The Bertz CT molecular complexity index is 1100. The molecule has 0 unspecified atom stereocenters. The van der Waals surface area contributed by atoms with Crippen LogP contribution in [-0.2, 0) is 17.8 Å². The number of anilines is 1. The summed E-state index contributed by atoms with van der Waals surface area (Å²) in [6.45, 7) is 3.85. The number of likely N-dealkylation sites (tertiary alicyclic amines) is 1. The SMILES string of the molecule is Cc1ccccc1C(=O)N(Cc1ccc(F)cc1)c1cccc(CC(=O)N2CCCC2)c1. The van der Waals surface area contributed by atoms with Gasteiger partial charge in [-0.25, -0.2) is 4.39 Å². The minimum absolute atomic E-state index is 0.120. The second-order valence-electron chi connectivity index (χ2n) is 8.27. The number of carbonyl (C=O) groups excluding carboxylic acids is 2. The zero-order chi connectivity index (χ0) is 22.5. The van der Waals surface area contributed by atoms with Crippen LogP contribution in [0.3, 0.4) is 0 Å². The first-order valence-corrected chi connectivity index (χ1v) is 11.0. The van der Waals surface area contributed by atoms with Crippen LogP contribution in [0.5, 0.6) is 0 Å². The number of carbonyl (C=O) groups is 2. The highest BCUT2D eigenvalue weighted by molar-refractivity contribution is 6.07. The van der Waals surface area contributed by atoms with Gasteiger partial charge in [0.2, 0.25) is 5.91 Å². The van der Waals surface area contributed by atoms with Gasteiger partial charge in [-0.3, -0.25) is 9.59 Å². The molecule has 5 heteroatoms. The Hall–Kier alpha value is -3.47. The Morgan fingerprint density at radius 2 is 1.62 bits per heavy atom. The molecule has 1 saturated heterocycles. The lowest BCUT2D eigenvalue weighted by Gasteiger charge is -2.25. The Labute approximate surface area is 188 Å². The Morgan fingerprint density at radius 3 is 2.34 bits per heavy atom. The molecule has 1 aliphatic heterocycles. The second kappa shape index (κ2) is 9.77. The van der Waals surface area contributed by atoms with Gasteiger partial charge in [-0.15, -0.1) is 0 Å². The number of hydrogen-bond donors (Lipinski definition) is 0. The zero-order valence-electron chi connectivity index (χ0n) is 18.3. The van der Waals surface area contributed by atoms with E-state index in [1.807, 2.05) is 60.4 Å². The third kappa shape index (κ3) is 5.05. The van der Waals surface area contributed by atoms with Crippen LogP contribution in [-0.4, -0.2) is 29.8 Å². The average molecular weight is 431 g/mol. The monoisotopic (exact) mass is 430 g/mol. The predicted molar refractivity (Wildman–Crippen MR) is 124 cm³/mol. The van der Waals surface area contributed by atoms with E-state index >= 15 is 0 Å². The van der Waals surface area contributed by atoms with Crippen molar-refractivity contribution in [1.82, 2.24) is 4.90 Å². The van der Waals surface area contributed by atoms with Crippen LogP contribution in [0.15, 0.2) is 72.8 Å². The molecule has 4 rings (SSSR count). The van der Waals surface area contributed by atoms with Crippen LogP contribution < -0.4 is 4.90 Å². The third-order valence-electron chi connectivity index (χ3n) is 5.91.